The predicted molar refractivity (Wildman–Crippen MR) is 62.6 cm³/mol. The lowest BCUT2D eigenvalue weighted by Gasteiger charge is -2.01. The Morgan fingerprint density at radius 3 is 2.88 bits per heavy atom. The molecule has 2 aromatic heterocycles. The smallest absolute Gasteiger partial charge is 0.173 e. The molecule has 0 aromatic carbocycles. The summed E-state index contributed by atoms with van der Waals surface area (Å²) in [5.41, 5.74) is 0.912. The zero-order valence-electron chi connectivity index (χ0n) is 9.36. The molecule has 7 nitrogen and oxygen atoms in total. The van der Waals surface area contributed by atoms with Crippen LogP contribution in [0, 0.1) is 0 Å². The molecule has 0 amide bonds. The molecule has 1 saturated carbocycles. The summed E-state index contributed by atoms with van der Waals surface area (Å²) in [6, 6.07) is 0.484. The van der Waals surface area contributed by atoms with Crippen LogP contribution in [0.3, 0.4) is 0 Å². The first-order chi connectivity index (χ1) is 8.24. The average Bonchev–Trinajstić information content (AvgIpc) is 2.86. The van der Waals surface area contributed by atoms with E-state index in [4.69, 9.17) is 0 Å². The largest absolute Gasteiger partial charge is 0.245 e. The highest BCUT2D eigenvalue weighted by Crippen LogP contribution is 2.34. The van der Waals surface area contributed by atoms with Crippen molar-refractivity contribution >= 4 is 15.9 Å². The van der Waals surface area contributed by atoms with Crippen LogP contribution in [0.1, 0.15) is 42.2 Å². The molecule has 0 spiro atoms. The number of rotatable bonds is 4. The summed E-state index contributed by atoms with van der Waals surface area (Å²) < 4.78 is 3.65. The van der Waals surface area contributed by atoms with E-state index in [-0.39, 0.29) is 4.83 Å². The van der Waals surface area contributed by atoms with E-state index in [0.717, 1.165) is 11.5 Å². The predicted octanol–water partition coefficient (Wildman–Crippen LogP) is 1.10. The van der Waals surface area contributed by atoms with Crippen molar-refractivity contribution in [2.45, 2.75) is 37.2 Å². The van der Waals surface area contributed by atoms with Gasteiger partial charge in [-0.15, -0.1) is 10.2 Å². The van der Waals surface area contributed by atoms with Crippen LogP contribution in [0.5, 0.6) is 0 Å². The Labute approximate surface area is 106 Å². The van der Waals surface area contributed by atoms with E-state index in [1.165, 1.54) is 12.8 Å². The molecule has 1 fully saturated rings. The topological polar surface area (TPSA) is 74.3 Å². The molecular formula is C9H12BrN7. The van der Waals surface area contributed by atoms with Gasteiger partial charge >= 0.3 is 0 Å². The quantitative estimate of drug-likeness (QED) is 0.790. The maximum Gasteiger partial charge on any atom is 0.173 e. The number of hydrogen-bond donors (Lipinski definition) is 0. The summed E-state index contributed by atoms with van der Waals surface area (Å²) in [6.45, 7) is 2.58. The number of nitrogens with zero attached hydrogens (tertiary/aromatic N) is 7. The lowest BCUT2D eigenvalue weighted by molar-refractivity contribution is 0.543. The third-order valence-corrected chi connectivity index (χ3v) is 3.19. The van der Waals surface area contributed by atoms with Crippen molar-refractivity contribution in [3.8, 4) is 0 Å². The van der Waals surface area contributed by atoms with Gasteiger partial charge in [-0.3, -0.25) is 0 Å². The van der Waals surface area contributed by atoms with Crippen molar-refractivity contribution in [2.24, 2.45) is 0 Å². The zero-order chi connectivity index (χ0) is 11.8. The molecule has 2 aromatic rings. The first kappa shape index (κ1) is 10.8. The fraction of sp³-hybridized carbons (Fsp3) is 0.667. The summed E-state index contributed by atoms with van der Waals surface area (Å²) >= 11 is 3.46. The second-order valence-electron chi connectivity index (χ2n) is 4.23. The maximum atomic E-state index is 4.07. The van der Waals surface area contributed by atoms with Gasteiger partial charge in [0.25, 0.3) is 0 Å². The van der Waals surface area contributed by atoms with Gasteiger partial charge in [0.2, 0.25) is 0 Å². The molecule has 1 aliphatic rings. The second-order valence-corrected chi connectivity index (χ2v) is 5.60. The van der Waals surface area contributed by atoms with Crippen molar-refractivity contribution in [3.05, 3.63) is 17.7 Å². The Bertz CT molecular complexity index is 513. The van der Waals surface area contributed by atoms with Gasteiger partial charge in [0, 0.05) is 0 Å². The van der Waals surface area contributed by atoms with Crippen LogP contribution in [0.4, 0.5) is 0 Å². The monoisotopic (exact) mass is 297 g/mol. The lowest BCUT2D eigenvalue weighted by atomic mass is 10.4. The highest BCUT2D eigenvalue weighted by atomic mass is 79.9. The molecule has 1 atom stereocenters. The summed E-state index contributed by atoms with van der Waals surface area (Å²) in [7, 11) is 0. The molecule has 1 aliphatic carbocycles. The van der Waals surface area contributed by atoms with Gasteiger partial charge in [-0.05, 0) is 30.2 Å². The third kappa shape index (κ3) is 2.21. The SMILES string of the molecule is CC(Br)c1cn(Cc2nnnn2C2CC2)nn1. The minimum absolute atomic E-state index is 0.204. The normalized spacial score (nSPS) is 17.3. The number of alkyl halides is 1. The van der Waals surface area contributed by atoms with Crippen LogP contribution in [0.15, 0.2) is 6.20 Å². The molecule has 0 saturated heterocycles. The van der Waals surface area contributed by atoms with Gasteiger partial charge < -0.3 is 0 Å². The van der Waals surface area contributed by atoms with E-state index in [0.29, 0.717) is 12.6 Å². The van der Waals surface area contributed by atoms with Crippen molar-refractivity contribution in [1.29, 1.82) is 0 Å². The van der Waals surface area contributed by atoms with E-state index in [1.54, 1.807) is 4.68 Å². The number of aromatic nitrogens is 7. The van der Waals surface area contributed by atoms with E-state index in [1.807, 2.05) is 17.8 Å². The molecule has 8 heteroatoms. The highest BCUT2D eigenvalue weighted by molar-refractivity contribution is 9.09. The van der Waals surface area contributed by atoms with E-state index in [2.05, 4.69) is 41.8 Å². The standard InChI is InChI=1S/C9H12BrN7/c1-6(10)8-4-16(14-11-8)5-9-12-13-15-17(9)7-2-3-7/h4,6-7H,2-3,5H2,1H3. The molecule has 2 heterocycles. The van der Waals surface area contributed by atoms with Gasteiger partial charge in [0.1, 0.15) is 6.54 Å². The molecular weight excluding hydrogens is 286 g/mol. The molecule has 0 bridgehead atoms. The van der Waals surface area contributed by atoms with Crippen molar-refractivity contribution < 1.29 is 0 Å². The Hall–Kier alpha value is -1.31. The number of tetrazole rings is 1. The number of halogens is 1. The summed E-state index contributed by atoms with van der Waals surface area (Å²) in [5, 5.41) is 19.9. The highest BCUT2D eigenvalue weighted by Gasteiger charge is 2.27. The lowest BCUT2D eigenvalue weighted by Crippen LogP contribution is -2.09. The van der Waals surface area contributed by atoms with Crippen LogP contribution >= 0.6 is 15.9 Å². The van der Waals surface area contributed by atoms with Gasteiger partial charge in [-0.2, -0.15) is 0 Å². The Kier molecular flexibility index (Phi) is 2.65. The van der Waals surface area contributed by atoms with Crippen LogP contribution in [-0.4, -0.2) is 35.2 Å². The van der Waals surface area contributed by atoms with E-state index >= 15 is 0 Å². The van der Waals surface area contributed by atoms with Gasteiger partial charge in [0.15, 0.2) is 5.82 Å². The van der Waals surface area contributed by atoms with Gasteiger partial charge in [0.05, 0.1) is 22.8 Å². The van der Waals surface area contributed by atoms with Crippen LogP contribution in [0.25, 0.3) is 0 Å². The first-order valence-electron chi connectivity index (χ1n) is 5.55. The Balaban J connectivity index is 1.78. The first-order valence-corrected chi connectivity index (χ1v) is 6.46. The van der Waals surface area contributed by atoms with Crippen LogP contribution < -0.4 is 0 Å². The van der Waals surface area contributed by atoms with Gasteiger partial charge in [-0.25, -0.2) is 9.36 Å². The van der Waals surface area contributed by atoms with E-state index in [9.17, 15) is 0 Å². The molecule has 0 radical (unpaired) electrons. The average molecular weight is 298 g/mol. The number of hydrogen-bond acceptors (Lipinski definition) is 5. The molecule has 17 heavy (non-hydrogen) atoms. The van der Waals surface area contributed by atoms with Gasteiger partial charge in [-0.1, -0.05) is 21.1 Å². The van der Waals surface area contributed by atoms with Crippen LogP contribution in [0.2, 0.25) is 0 Å². The molecule has 0 N–H and O–H groups in total. The summed E-state index contributed by atoms with van der Waals surface area (Å²) in [4.78, 5) is 0.204. The zero-order valence-corrected chi connectivity index (χ0v) is 10.9. The Morgan fingerprint density at radius 1 is 1.41 bits per heavy atom. The Morgan fingerprint density at radius 2 is 2.24 bits per heavy atom. The summed E-state index contributed by atoms with van der Waals surface area (Å²) in [5.74, 6) is 0.839. The molecule has 0 aliphatic heterocycles. The fourth-order valence-electron chi connectivity index (χ4n) is 1.64. The van der Waals surface area contributed by atoms with Crippen LogP contribution in [-0.2, 0) is 6.54 Å². The third-order valence-electron chi connectivity index (χ3n) is 2.72. The fourth-order valence-corrected chi connectivity index (χ4v) is 1.85. The molecule has 3 rings (SSSR count). The van der Waals surface area contributed by atoms with Crippen molar-refractivity contribution in [2.75, 3.05) is 0 Å². The second kappa shape index (κ2) is 4.17. The molecule has 90 valence electrons. The van der Waals surface area contributed by atoms with E-state index < -0.39 is 0 Å². The maximum absolute atomic E-state index is 4.07. The minimum Gasteiger partial charge on any atom is -0.245 e. The summed E-state index contributed by atoms with van der Waals surface area (Å²) in [6.07, 6.45) is 4.24. The van der Waals surface area contributed by atoms with Crippen molar-refractivity contribution in [3.63, 3.8) is 0 Å². The minimum atomic E-state index is 0.204. The molecule has 1 unspecified atom stereocenters. The van der Waals surface area contributed by atoms with Crippen molar-refractivity contribution in [1.82, 2.24) is 35.2 Å².